The molecule has 9 N–H and O–H groups in total. The minimum atomic E-state index is -1.13. The molecule has 0 bridgehead atoms. The lowest BCUT2D eigenvalue weighted by Gasteiger charge is -2.16. The Balaban J connectivity index is 0. The van der Waals surface area contributed by atoms with Crippen molar-refractivity contribution in [1.29, 1.82) is 0 Å². The van der Waals surface area contributed by atoms with Gasteiger partial charge in [0.1, 0.15) is 11.8 Å². The predicted molar refractivity (Wildman–Crippen MR) is 72.3 cm³/mol. The topological polar surface area (TPSA) is 176 Å². The molecule has 0 fully saturated rings. The van der Waals surface area contributed by atoms with Gasteiger partial charge in [0.25, 0.3) is 0 Å². The number of benzene rings is 1. The molecule has 8 nitrogen and oxygen atoms in total. The second-order valence-electron chi connectivity index (χ2n) is 4.06. The van der Waals surface area contributed by atoms with Crippen LogP contribution in [0.2, 0.25) is 0 Å². The quantitative estimate of drug-likeness (QED) is 0.499. The van der Waals surface area contributed by atoms with Crippen LogP contribution in [0.5, 0.6) is 5.75 Å². The number of phenolic OH excluding ortho intramolecular Hbond substituents is 1. The number of phenols is 1. The summed E-state index contributed by atoms with van der Waals surface area (Å²) in [5, 5.41) is 20.5. The zero-order chi connectivity index (χ0) is 13.7. The Bertz CT molecular complexity index is 432. The number of rotatable bonds is 5. The van der Waals surface area contributed by atoms with Crippen LogP contribution in [0.15, 0.2) is 24.3 Å². The van der Waals surface area contributed by atoms with Gasteiger partial charge in [-0.2, -0.15) is 0 Å². The Morgan fingerprint density at radius 3 is 2.15 bits per heavy atom. The summed E-state index contributed by atoms with van der Waals surface area (Å²) in [6.07, 6.45) is 0.133. The van der Waals surface area contributed by atoms with Crippen molar-refractivity contribution in [3.63, 3.8) is 0 Å². The van der Waals surface area contributed by atoms with Crippen LogP contribution in [0, 0.1) is 0 Å². The zero-order valence-corrected chi connectivity index (χ0v) is 11.0. The Hall–Kier alpha value is -2.16. The van der Waals surface area contributed by atoms with Crippen LogP contribution in [0.3, 0.4) is 0 Å². The summed E-state index contributed by atoms with van der Waals surface area (Å²) in [7, 11) is 0. The fourth-order valence-corrected chi connectivity index (χ4v) is 1.37. The molecule has 1 aromatic rings. The normalized spacial score (nSPS) is 12.3. The number of nitrogens with two attached hydrogens (primary N) is 1. The van der Waals surface area contributed by atoms with E-state index in [1.807, 2.05) is 0 Å². The van der Waals surface area contributed by atoms with Crippen molar-refractivity contribution >= 4 is 11.9 Å². The first-order valence-corrected chi connectivity index (χ1v) is 5.47. The molecule has 114 valence electrons. The van der Waals surface area contributed by atoms with Gasteiger partial charge in [-0.1, -0.05) is 12.1 Å². The first-order valence-electron chi connectivity index (χ1n) is 5.47. The third-order valence-corrected chi connectivity index (χ3v) is 2.40. The smallest absolute Gasteiger partial charge is 0.326 e. The standard InChI is InChI=1S/C12H16N2O4.2H2O/c1-7(13)11(16)14-10(12(17)18)6-8-2-4-9(15)5-3-8;;/h2-5,7,10,15H,6,13H2,1H3,(H,14,16)(H,17,18);2*1H2. The highest BCUT2D eigenvalue weighted by Crippen LogP contribution is 2.11. The molecule has 0 aliphatic carbocycles. The highest BCUT2D eigenvalue weighted by atomic mass is 16.4. The number of carboxylic acid groups (broad SMARTS) is 1. The summed E-state index contributed by atoms with van der Waals surface area (Å²) in [5.41, 5.74) is 6.06. The Morgan fingerprint density at radius 2 is 1.75 bits per heavy atom. The number of carboxylic acids is 1. The molecule has 0 aliphatic heterocycles. The van der Waals surface area contributed by atoms with Crippen molar-refractivity contribution in [2.45, 2.75) is 25.4 Å². The number of carbonyl (C=O) groups is 2. The number of hydrogen-bond acceptors (Lipinski definition) is 4. The summed E-state index contributed by atoms with van der Waals surface area (Å²) in [5.74, 6) is -1.54. The number of nitrogens with one attached hydrogen (secondary N) is 1. The summed E-state index contributed by atoms with van der Waals surface area (Å²) < 4.78 is 0. The van der Waals surface area contributed by atoms with Crippen molar-refractivity contribution < 1.29 is 30.8 Å². The van der Waals surface area contributed by atoms with E-state index in [9.17, 15) is 9.59 Å². The van der Waals surface area contributed by atoms with Gasteiger partial charge >= 0.3 is 5.97 Å². The number of carbonyl (C=O) groups excluding carboxylic acids is 1. The highest BCUT2D eigenvalue weighted by Gasteiger charge is 2.21. The van der Waals surface area contributed by atoms with Crippen LogP contribution in [0.1, 0.15) is 12.5 Å². The maximum atomic E-state index is 11.4. The lowest BCUT2D eigenvalue weighted by molar-refractivity contribution is -0.141. The molecule has 1 aromatic carbocycles. The van der Waals surface area contributed by atoms with Crippen LogP contribution in [-0.2, 0) is 16.0 Å². The lowest BCUT2D eigenvalue weighted by atomic mass is 10.1. The number of aliphatic carboxylic acids is 1. The van der Waals surface area contributed by atoms with Crippen molar-refractivity contribution in [3.05, 3.63) is 29.8 Å². The van der Waals surface area contributed by atoms with E-state index in [1.54, 1.807) is 12.1 Å². The maximum Gasteiger partial charge on any atom is 0.326 e. The van der Waals surface area contributed by atoms with E-state index in [4.69, 9.17) is 15.9 Å². The maximum absolute atomic E-state index is 11.4. The average Bonchev–Trinajstić information content (AvgIpc) is 2.30. The van der Waals surface area contributed by atoms with Crippen molar-refractivity contribution in [2.24, 2.45) is 5.73 Å². The van der Waals surface area contributed by atoms with Gasteiger partial charge in [-0.25, -0.2) is 4.79 Å². The predicted octanol–water partition coefficient (Wildman–Crippen LogP) is -1.80. The summed E-state index contributed by atoms with van der Waals surface area (Å²) >= 11 is 0. The SMILES string of the molecule is CC(N)C(=O)NC(Cc1ccc(O)cc1)C(=O)O.O.O. The van der Waals surface area contributed by atoms with E-state index >= 15 is 0 Å². The fraction of sp³-hybridized carbons (Fsp3) is 0.333. The van der Waals surface area contributed by atoms with Crippen LogP contribution in [0.4, 0.5) is 0 Å². The first-order chi connectivity index (χ1) is 8.40. The molecular formula is C12H20N2O6. The summed E-state index contributed by atoms with van der Waals surface area (Å²) in [6.45, 7) is 1.48. The molecule has 0 heterocycles. The van der Waals surface area contributed by atoms with E-state index in [0.29, 0.717) is 5.56 Å². The van der Waals surface area contributed by atoms with E-state index in [-0.39, 0.29) is 23.1 Å². The van der Waals surface area contributed by atoms with Gasteiger partial charge in [0, 0.05) is 6.42 Å². The molecule has 0 aliphatic rings. The molecule has 0 aromatic heterocycles. The molecule has 20 heavy (non-hydrogen) atoms. The van der Waals surface area contributed by atoms with Gasteiger partial charge in [0.15, 0.2) is 0 Å². The average molecular weight is 288 g/mol. The number of hydrogen-bond donors (Lipinski definition) is 4. The van der Waals surface area contributed by atoms with Crippen LogP contribution in [-0.4, -0.2) is 45.1 Å². The monoisotopic (exact) mass is 288 g/mol. The summed E-state index contributed by atoms with van der Waals surface area (Å²) in [4.78, 5) is 22.4. The largest absolute Gasteiger partial charge is 0.508 e. The van der Waals surface area contributed by atoms with Gasteiger partial charge in [0.2, 0.25) is 5.91 Å². The van der Waals surface area contributed by atoms with Crippen molar-refractivity contribution in [1.82, 2.24) is 5.32 Å². The third kappa shape index (κ3) is 6.14. The van der Waals surface area contributed by atoms with Crippen LogP contribution < -0.4 is 11.1 Å². The Kier molecular flexibility index (Phi) is 8.93. The molecule has 2 unspecified atom stereocenters. The van der Waals surface area contributed by atoms with E-state index < -0.39 is 24.0 Å². The van der Waals surface area contributed by atoms with Crippen LogP contribution in [0.25, 0.3) is 0 Å². The van der Waals surface area contributed by atoms with Gasteiger partial charge in [-0.05, 0) is 24.6 Å². The number of aromatic hydroxyl groups is 1. The second-order valence-corrected chi connectivity index (χ2v) is 4.06. The first kappa shape index (κ1) is 20.2. The third-order valence-electron chi connectivity index (χ3n) is 2.40. The number of amides is 1. The van der Waals surface area contributed by atoms with Gasteiger partial charge in [-0.15, -0.1) is 0 Å². The lowest BCUT2D eigenvalue weighted by Crippen LogP contribution is -2.48. The van der Waals surface area contributed by atoms with Gasteiger partial charge < -0.3 is 32.2 Å². The molecule has 0 radical (unpaired) electrons. The molecule has 0 saturated heterocycles. The van der Waals surface area contributed by atoms with E-state index in [0.717, 1.165) is 0 Å². The fourth-order valence-electron chi connectivity index (χ4n) is 1.37. The van der Waals surface area contributed by atoms with E-state index in [1.165, 1.54) is 19.1 Å². The van der Waals surface area contributed by atoms with Crippen molar-refractivity contribution in [2.75, 3.05) is 0 Å². The van der Waals surface area contributed by atoms with Gasteiger partial charge in [-0.3, -0.25) is 4.79 Å². The molecule has 8 heteroatoms. The molecule has 0 saturated carbocycles. The Morgan fingerprint density at radius 1 is 1.25 bits per heavy atom. The highest BCUT2D eigenvalue weighted by molar-refractivity contribution is 5.86. The molecule has 2 atom stereocenters. The van der Waals surface area contributed by atoms with Crippen LogP contribution >= 0.6 is 0 Å². The van der Waals surface area contributed by atoms with E-state index in [2.05, 4.69) is 5.32 Å². The molecule has 1 rings (SSSR count). The minimum Gasteiger partial charge on any atom is -0.508 e. The minimum absolute atomic E-state index is 0. The molecule has 1 amide bonds. The zero-order valence-electron chi connectivity index (χ0n) is 11.0. The molecule has 0 spiro atoms. The second kappa shape index (κ2) is 8.86. The van der Waals surface area contributed by atoms with Gasteiger partial charge in [0.05, 0.1) is 6.04 Å². The Labute approximate surface area is 115 Å². The summed E-state index contributed by atoms with van der Waals surface area (Å²) in [6, 6.07) is 4.33. The molecular weight excluding hydrogens is 268 g/mol. The van der Waals surface area contributed by atoms with Crippen molar-refractivity contribution in [3.8, 4) is 5.75 Å².